The van der Waals surface area contributed by atoms with Crippen molar-refractivity contribution < 1.29 is 19.2 Å². The molecule has 0 aliphatic heterocycles. The summed E-state index contributed by atoms with van der Waals surface area (Å²) in [7, 11) is 0. The van der Waals surface area contributed by atoms with E-state index in [2.05, 4.69) is 6.92 Å². The number of rotatable bonds is 8. The Hall–Kier alpha value is -1.32. The van der Waals surface area contributed by atoms with Crippen LogP contribution in [0.15, 0.2) is 0 Å². The molecule has 2 atom stereocenters. The summed E-state index contributed by atoms with van der Waals surface area (Å²) in [6.07, 6.45) is 11.3. The van der Waals surface area contributed by atoms with Crippen LogP contribution in [0.3, 0.4) is 0 Å². The SMILES string of the molecule is CCC(=O)C(C)CC.CCC(C)(C)C(C)=O.CCCC(C)C(C)=O.O=C1CCCCCC1. The van der Waals surface area contributed by atoms with E-state index < -0.39 is 0 Å². The lowest BCUT2D eigenvalue weighted by molar-refractivity contribution is -0.125. The van der Waals surface area contributed by atoms with Gasteiger partial charge in [-0.15, -0.1) is 0 Å². The fourth-order valence-electron chi connectivity index (χ4n) is 2.58. The van der Waals surface area contributed by atoms with Gasteiger partial charge in [0.05, 0.1) is 0 Å². The lowest BCUT2D eigenvalue weighted by Crippen LogP contribution is -2.19. The largest absolute Gasteiger partial charge is 0.300 e. The fourth-order valence-corrected chi connectivity index (χ4v) is 2.58. The van der Waals surface area contributed by atoms with E-state index in [1.165, 1.54) is 12.8 Å². The molecule has 2 unspecified atom stereocenters. The van der Waals surface area contributed by atoms with E-state index in [9.17, 15) is 19.2 Å². The Bertz CT molecular complexity index is 508. The molecule has 0 aromatic rings. The van der Waals surface area contributed by atoms with Crippen molar-refractivity contribution in [1.29, 1.82) is 0 Å². The molecule has 190 valence electrons. The monoisotopic (exact) mass is 454 g/mol. The number of hydrogen-bond donors (Lipinski definition) is 0. The Morgan fingerprint density at radius 2 is 1.31 bits per heavy atom. The third kappa shape index (κ3) is 21.9. The highest BCUT2D eigenvalue weighted by atomic mass is 16.1. The molecule has 0 spiro atoms. The molecule has 1 aliphatic rings. The van der Waals surface area contributed by atoms with Crippen LogP contribution in [-0.2, 0) is 19.2 Å². The van der Waals surface area contributed by atoms with Crippen LogP contribution in [0.4, 0.5) is 0 Å². The Morgan fingerprint density at radius 1 is 0.844 bits per heavy atom. The molecule has 0 radical (unpaired) electrons. The van der Waals surface area contributed by atoms with E-state index in [0.29, 0.717) is 23.8 Å². The van der Waals surface area contributed by atoms with Crippen molar-refractivity contribution >= 4 is 23.1 Å². The summed E-state index contributed by atoms with van der Waals surface area (Å²) in [5.74, 6) is 2.00. The average Bonchev–Trinajstić information content (AvgIpc) is 3.01. The second-order valence-corrected chi connectivity index (χ2v) is 9.68. The predicted molar refractivity (Wildman–Crippen MR) is 137 cm³/mol. The van der Waals surface area contributed by atoms with Crippen LogP contribution in [0.1, 0.15) is 140 Å². The van der Waals surface area contributed by atoms with Gasteiger partial charge in [0.25, 0.3) is 0 Å². The van der Waals surface area contributed by atoms with Gasteiger partial charge in [0.2, 0.25) is 0 Å². The summed E-state index contributed by atoms with van der Waals surface area (Å²) < 4.78 is 0. The summed E-state index contributed by atoms with van der Waals surface area (Å²) in [4.78, 5) is 42.7. The first kappa shape index (κ1) is 35.3. The van der Waals surface area contributed by atoms with Gasteiger partial charge < -0.3 is 0 Å². The highest BCUT2D eigenvalue weighted by Gasteiger charge is 2.19. The molecule has 1 saturated carbocycles. The summed E-state index contributed by atoms with van der Waals surface area (Å²) >= 11 is 0. The molecular weight excluding hydrogens is 400 g/mol. The minimum absolute atomic E-state index is 0.0972. The molecule has 0 saturated heterocycles. The first-order valence-corrected chi connectivity index (χ1v) is 12.9. The van der Waals surface area contributed by atoms with Gasteiger partial charge in [-0.25, -0.2) is 0 Å². The van der Waals surface area contributed by atoms with Gasteiger partial charge in [0.1, 0.15) is 23.1 Å². The molecule has 0 aromatic heterocycles. The van der Waals surface area contributed by atoms with Crippen LogP contribution < -0.4 is 0 Å². The Morgan fingerprint density at radius 3 is 1.50 bits per heavy atom. The summed E-state index contributed by atoms with van der Waals surface area (Å²) in [5, 5.41) is 0. The zero-order valence-electron chi connectivity index (χ0n) is 23.1. The lowest BCUT2D eigenvalue weighted by atomic mass is 9.86. The van der Waals surface area contributed by atoms with Crippen molar-refractivity contribution in [3.05, 3.63) is 0 Å². The van der Waals surface area contributed by atoms with Gasteiger partial charge in [-0.3, -0.25) is 19.2 Å². The Kier molecular flexibility index (Phi) is 23.7. The van der Waals surface area contributed by atoms with Gasteiger partial charge >= 0.3 is 0 Å². The zero-order chi connectivity index (χ0) is 25.7. The predicted octanol–water partition coefficient (Wildman–Crippen LogP) is 7.94. The molecule has 0 heterocycles. The van der Waals surface area contributed by atoms with Crippen molar-refractivity contribution in [2.75, 3.05) is 0 Å². The van der Waals surface area contributed by atoms with Gasteiger partial charge in [-0.2, -0.15) is 0 Å². The Balaban J connectivity index is -0.000000350. The first-order chi connectivity index (χ1) is 14.8. The van der Waals surface area contributed by atoms with Gasteiger partial charge in [0.15, 0.2) is 0 Å². The highest BCUT2D eigenvalue weighted by molar-refractivity contribution is 5.81. The third-order valence-electron chi connectivity index (χ3n) is 6.42. The minimum atomic E-state index is -0.0972. The minimum Gasteiger partial charge on any atom is -0.300 e. The molecule has 0 bridgehead atoms. The van der Waals surface area contributed by atoms with Crippen LogP contribution in [0, 0.1) is 17.3 Å². The van der Waals surface area contributed by atoms with E-state index in [0.717, 1.165) is 51.4 Å². The number of hydrogen-bond acceptors (Lipinski definition) is 4. The fraction of sp³-hybridized carbons (Fsp3) is 0.857. The van der Waals surface area contributed by atoms with E-state index in [4.69, 9.17) is 0 Å². The maximum Gasteiger partial charge on any atom is 0.135 e. The highest BCUT2D eigenvalue weighted by Crippen LogP contribution is 2.19. The van der Waals surface area contributed by atoms with E-state index >= 15 is 0 Å². The molecular formula is C28H54O4. The molecule has 1 aliphatic carbocycles. The summed E-state index contributed by atoms with van der Waals surface area (Å²) in [5.41, 5.74) is -0.0972. The van der Waals surface area contributed by atoms with Gasteiger partial charge in [-0.1, -0.05) is 74.7 Å². The topological polar surface area (TPSA) is 68.3 Å². The molecule has 32 heavy (non-hydrogen) atoms. The number of ketones is 4. The quantitative estimate of drug-likeness (QED) is 0.349. The molecule has 0 aromatic carbocycles. The zero-order valence-corrected chi connectivity index (χ0v) is 23.1. The van der Waals surface area contributed by atoms with Crippen LogP contribution in [-0.4, -0.2) is 23.1 Å². The van der Waals surface area contributed by atoms with E-state index in [1.54, 1.807) is 13.8 Å². The molecule has 1 rings (SSSR count). The van der Waals surface area contributed by atoms with Crippen molar-refractivity contribution in [2.45, 2.75) is 140 Å². The normalized spacial score (nSPS) is 15.2. The van der Waals surface area contributed by atoms with Crippen LogP contribution in [0.5, 0.6) is 0 Å². The van der Waals surface area contributed by atoms with Crippen LogP contribution in [0.25, 0.3) is 0 Å². The van der Waals surface area contributed by atoms with Gasteiger partial charge in [0, 0.05) is 36.5 Å². The standard InChI is InChI=1S/C7H12O.3C7H14O/c8-7-5-3-1-2-4-6-7;1-5-7(3,4)6(2)8;1-4-5-6(2)7(3)8;1-4-6(3)7(8)5-2/h1-6H2;5H2,1-4H3;2*6H,4-5H2,1-3H3. The third-order valence-corrected chi connectivity index (χ3v) is 6.42. The number of carbonyl (C=O) groups is 4. The summed E-state index contributed by atoms with van der Waals surface area (Å²) in [6, 6.07) is 0. The number of carbonyl (C=O) groups excluding carboxylic acids is 4. The average molecular weight is 455 g/mol. The smallest absolute Gasteiger partial charge is 0.135 e. The van der Waals surface area contributed by atoms with E-state index in [1.807, 2.05) is 48.5 Å². The van der Waals surface area contributed by atoms with Crippen molar-refractivity contribution in [1.82, 2.24) is 0 Å². The van der Waals surface area contributed by atoms with Crippen molar-refractivity contribution in [3.8, 4) is 0 Å². The van der Waals surface area contributed by atoms with E-state index in [-0.39, 0.29) is 23.0 Å². The Labute approximate surface area is 199 Å². The van der Waals surface area contributed by atoms with Crippen molar-refractivity contribution in [2.24, 2.45) is 17.3 Å². The van der Waals surface area contributed by atoms with Crippen molar-refractivity contribution in [3.63, 3.8) is 0 Å². The number of Topliss-reactive ketones (excluding diaryl/α,β-unsaturated/α-hetero) is 4. The molecule has 0 N–H and O–H groups in total. The van der Waals surface area contributed by atoms with Crippen LogP contribution >= 0.6 is 0 Å². The second-order valence-electron chi connectivity index (χ2n) is 9.68. The summed E-state index contributed by atoms with van der Waals surface area (Å²) in [6.45, 7) is 19.3. The maximum atomic E-state index is 10.7. The molecule has 4 heteroatoms. The molecule has 0 amide bonds. The van der Waals surface area contributed by atoms with Crippen LogP contribution in [0.2, 0.25) is 0 Å². The van der Waals surface area contributed by atoms with Gasteiger partial charge in [-0.05, 0) is 46.0 Å². The molecule has 4 nitrogen and oxygen atoms in total. The maximum absolute atomic E-state index is 10.7. The molecule has 1 fully saturated rings. The lowest BCUT2D eigenvalue weighted by Gasteiger charge is -2.17. The second kappa shape index (κ2) is 21.5. The first-order valence-electron chi connectivity index (χ1n) is 12.9.